The van der Waals surface area contributed by atoms with Gasteiger partial charge < -0.3 is 9.90 Å². The maximum absolute atomic E-state index is 12.9. The van der Waals surface area contributed by atoms with Crippen molar-refractivity contribution in [3.8, 4) is 5.69 Å². The summed E-state index contributed by atoms with van der Waals surface area (Å²) in [7, 11) is -2.71. The number of para-hydroxylation sites is 1. The van der Waals surface area contributed by atoms with Gasteiger partial charge in [-0.1, -0.05) is 35.9 Å². The molecule has 0 bridgehead atoms. The fourth-order valence-corrected chi connectivity index (χ4v) is 4.35. The number of carboxylic acids is 1. The third-order valence-electron chi connectivity index (χ3n) is 4.25. The number of nitrogens with one attached hydrogen (secondary N) is 1. The zero-order chi connectivity index (χ0) is 20.6. The molecule has 10 heteroatoms. The standard InChI is InChI=1S/C18H16ClN3O5S/c1-11-16(17(23)22(21(11)2)13-6-4-3-5-7-13)20-28(26,27)15-10-12(18(24)25)8-9-14(15)19/h3-10,20H,1-2H3,(H,24,25)/p-1. The van der Waals surface area contributed by atoms with Gasteiger partial charge in [0.15, 0.2) is 0 Å². The summed E-state index contributed by atoms with van der Waals surface area (Å²) in [4.78, 5) is 23.4. The summed E-state index contributed by atoms with van der Waals surface area (Å²) in [5, 5.41) is 10.9. The molecule has 8 nitrogen and oxygen atoms in total. The molecular formula is C18H15ClN3O5S-. The summed E-state index contributed by atoms with van der Waals surface area (Å²) in [6, 6.07) is 11.9. The number of nitrogens with zero attached hydrogens (tertiary/aromatic N) is 2. The van der Waals surface area contributed by atoms with Crippen molar-refractivity contribution in [1.82, 2.24) is 9.36 Å². The molecule has 0 unspecified atom stereocenters. The highest BCUT2D eigenvalue weighted by Gasteiger charge is 2.24. The maximum atomic E-state index is 12.9. The Morgan fingerprint density at radius 1 is 1.14 bits per heavy atom. The van der Waals surface area contributed by atoms with Crippen molar-refractivity contribution in [3.63, 3.8) is 0 Å². The SMILES string of the molecule is Cc1c(NS(=O)(=O)c2cc(C(=O)[O-])ccc2Cl)c(=O)n(-c2ccccc2)n1C. The van der Waals surface area contributed by atoms with E-state index in [1.165, 1.54) is 9.36 Å². The summed E-state index contributed by atoms with van der Waals surface area (Å²) in [6.07, 6.45) is 0. The molecule has 1 N–H and O–H groups in total. The first-order chi connectivity index (χ1) is 13.1. The van der Waals surface area contributed by atoms with Crippen LogP contribution in [0.25, 0.3) is 5.69 Å². The van der Waals surface area contributed by atoms with Gasteiger partial charge in [-0.15, -0.1) is 0 Å². The van der Waals surface area contributed by atoms with Crippen LogP contribution in [-0.4, -0.2) is 23.8 Å². The predicted molar refractivity (Wildman–Crippen MR) is 102 cm³/mol. The number of halogens is 1. The second-order valence-electron chi connectivity index (χ2n) is 5.97. The molecule has 0 radical (unpaired) electrons. The Hall–Kier alpha value is -3.04. The minimum Gasteiger partial charge on any atom is -0.545 e. The van der Waals surface area contributed by atoms with E-state index in [0.717, 1.165) is 18.2 Å². The van der Waals surface area contributed by atoms with Gasteiger partial charge in [-0.25, -0.2) is 13.1 Å². The van der Waals surface area contributed by atoms with Gasteiger partial charge in [0, 0.05) is 7.05 Å². The number of carbonyl (C=O) groups excluding carboxylic acids is 1. The lowest BCUT2D eigenvalue weighted by Gasteiger charge is -2.11. The Morgan fingerprint density at radius 3 is 2.39 bits per heavy atom. The van der Waals surface area contributed by atoms with E-state index in [1.807, 2.05) is 0 Å². The van der Waals surface area contributed by atoms with Crippen LogP contribution in [0.4, 0.5) is 5.69 Å². The summed E-state index contributed by atoms with van der Waals surface area (Å²) in [5.74, 6) is -1.55. The molecule has 0 saturated heterocycles. The summed E-state index contributed by atoms with van der Waals surface area (Å²) < 4.78 is 30.6. The van der Waals surface area contributed by atoms with Crippen molar-refractivity contribution >= 4 is 33.3 Å². The van der Waals surface area contributed by atoms with Gasteiger partial charge in [-0.3, -0.25) is 14.2 Å². The van der Waals surface area contributed by atoms with Crippen LogP contribution in [0, 0.1) is 6.92 Å². The normalized spacial score (nSPS) is 11.4. The van der Waals surface area contributed by atoms with Crippen LogP contribution in [-0.2, 0) is 17.1 Å². The van der Waals surface area contributed by atoms with Gasteiger partial charge in [0.05, 0.1) is 22.4 Å². The van der Waals surface area contributed by atoms with Crippen molar-refractivity contribution in [2.24, 2.45) is 7.05 Å². The molecule has 0 amide bonds. The van der Waals surface area contributed by atoms with Crippen molar-refractivity contribution in [2.45, 2.75) is 11.8 Å². The number of carboxylic acid groups (broad SMARTS) is 1. The van der Waals surface area contributed by atoms with E-state index in [4.69, 9.17) is 11.6 Å². The van der Waals surface area contributed by atoms with Gasteiger partial charge in [0.1, 0.15) is 10.6 Å². The molecule has 1 heterocycles. The van der Waals surface area contributed by atoms with Gasteiger partial charge in [0.25, 0.3) is 15.6 Å². The van der Waals surface area contributed by atoms with Crippen molar-refractivity contribution in [2.75, 3.05) is 4.72 Å². The second-order valence-corrected chi connectivity index (χ2v) is 8.03. The number of sulfonamides is 1. The topological polar surface area (TPSA) is 113 Å². The highest BCUT2D eigenvalue weighted by atomic mass is 35.5. The molecule has 0 fully saturated rings. The highest BCUT2D eigenvalue weighted by Crippen LogP contribution is 2.25. The Kier molecular flexibility index (Phi) is 5.05. The van der Waals surface area contributed by atoms with Crippen LogP contribution in [0.15, 0.2) is 58.2 Å². The molecule has 3 aromatic rings. The lowest BCUT2D eigenvalue weighted by atomic mass is 10.2. The molecule has 0 aliphatic heterocycles. The van der Waals surface area contributed by atoms with E-state index in [9.17, 15) is 23.1 Å². The quantitative estimate of drug-likeness (QED) is 0.668. The number of aromatic carboxylic acids is 1. The molecule has 0 aliphatic carbocycles. The zero-order valence-electron chi connectivity index (χ0n) is 14.8. The minimum atomic E-state index is -4.33. The minimum absolute atomic E-state index is 0.165. The largest absolute Gasteiger partial charge is 0.545 e. The monoisotopic (exact) mass is 420 g/mol. The molecule has 1 aromatic heterocycles. The van der Waals surface area contributed by atoms with E-state index in [1.54, 1.807) is 44.3 Å². The highest BCUT2D eigenvalue weighted by molar-refractivity contribution is 7.92. The summed E-state index contributed by atoms with van der Waals surface area (Å²) in [6.45, 7) is 1.58. The summed E-state index contributed by atoms with van der Waals surface area (Å²) in [5.41, 5.74) is -0.176. The molecule has 2 aromatic carbocycles. The first-order valence-corrected chi connectivity index (χ1v) is 9.87. The zero-order valence-corrected chi connectivity index (χ0v) is 16.4. The van der Waals surface area contributed by atoms with E-state index in [0.29, 0.717) is 11.4 Å². The Balaban J connectivity index is 2.11. The first kappa shape index (κ1) is 19.7. The number of benzene rings is 2. The molecule has 0 spiro atoms. The second kappa shape index (κ2) is 7.17. The maximum Gasteiger partial charge on any atom is 0.296 e. The molecule has 28 heavy (non-hydrogen) atoms. The number of rotatable bonds is 5. The van der Waals surface area contributed by atoms with Crippen molar-refractivity contribution in [3.05, 3.63) is 75.2 Å². The Bertz CT molecular complexity index is 1230. The third kappa shape index (κ3) is 3.41. The van der Waals surface area contributed by atoms with Crippen LogP contribution < -0.4 is 15.4 Å². The van der Waals surface area contributed by atoms with Crippen LogP contribution in [0.2, 0.25) is 5.02 Å². The third-order valence-corrected chi connectivity index (χ3v) is 6.08. The average molecular weight is 421 g/mol. The fraction of sp³-hybridized carbons (Fsp3) is 0.111. The fourth-order valence-electron chi connectivity index (χ4n) is 2.71. The Labute approximate surface area is 165 Å². The predicted octanol–water partition coefficient (Wildman–Crippen LogP) is 1.30. The molecule has 0 saturated carbocycles. The van der Waals surface area contributed by atoms with Gasteiger partial charge in [-0.2, -0.15) is 0 Å². The number of anilines is 1. The first-order valence-electron chi connectivity index (χ1n) is 8.01. The molecule has 0 atom stereocenters. The van der Waals surface area contributed by atoms with Crippen molar-refractivity contribution < 1.29 is 18.3 Å². The van der Waals surface area contributed by atoms with Gasteiger partial charge in [0.2, 0.25) is 0 Å². The van der Waals surface area contributed by atoms with E-state index in [2.05, 4.69) is 4.72 Å². The molecular weight excluding hydrogens is 406 g/mol. The number of carbonyl (C=O) groups is 1. The van der Waals surface area contributed by atoms with Gasteiger partial charge in [-0.05, 0) is 36.8 Å². The summed E-state index contributed by atoms with van der Waals surface area (Å²) >= 11 is 5.94. The van der Waals surface area contributed by atoms with E-state index < -0.39 is 26.4 Å². The molecule has 3 rings (SSSR count). The van der Waals surface area contributed by atoms with E-state index >= 15 is 0 Å². The lowest BCUT2D eigenvalue weighted by molar-refractivity contribution is -0.255. The van der Waals surface area contributed by atoms with Crippen LogP contribution in [0.1, 0.15) is 16.1 Å². The van der Waals surface area contributed by atoms with Crippen LogP contribution >= 0.6 is 11.6 Å². The lowest BCUT2D eigenvalue weighted by Crippen LogP contribution is -2.24. The molecule has 146 valence electrons. The molecule has 0 aliphatic rings. The van der Waals surface area contributed by atoms with Gasteiger partial charge >= 0.3 is 0 Å². The average Bonchev–Trinajstić information content (AvgIpc) is 2.85. The van der Waals surface area contributed by atoms with Crippen molar-refractivity contribution in [1.29, 1.82) is 0 Å². The smallest absolute Gasteiger partial charge is 0.296 e. The van der Waals surface area contributed by atoms with E-state index in [-0.39, 0.29) is 16.3 Å². The number of aromatic nitrogens is 2. The number of hydrogen-bond acceptors (Lipinski definition) is 5. The number of hydrogen-bond donors (Lipinski definition) is 1. The Morgan fingerprint density at radius 2 is 1.79 bits per heavy atom. The van der Waals surface area contributed by atoms with Crippen LogP contribution in [0.3, 0.4) is 0 Å². The van der Waals surface area contributed by atoms with Crippen LogP contribution in [0.5, 0.6) is 0 Å².